The van der Waals surface area contributed by atoms with Crippen molar-refractivity contribution in [3.05, 3.63) is 24.2 Å². The average molecular weight is 636 g/mol. The van der Waals surface area contributed by atoms with Gasteiger partial charge < -0.3 is 29.2 Å². The first kappa shape index (κ1) is 32.1. The van der Waals surface area contributed by atoms with Crippen molar-refractivity contribution in [2.75, 3.05) is 21.3 Å². The number of aliphatic hydroxyl groups excluding tert-OH is 1. The molecule has 14 heteroatoms. The van der Waals surface area contributed by atoms with E-state index in [0.29, 0.717) is 0 Å². The Morgan fingerprint density at radius 2 is 1.73 bits per heavy atom. The quantitative estimate of drug-likeness (QED) is 0.159. The number of methoxy groups -OCH3 is 1. The lowest BCUT2D eigenvalue weighted by Gasteiger charge is -2.79. The van der Waals surface area contributed by atoms with E-state index in [-0.39, 0.29) is 31.2 Å². The van der Waals surface area contributed by atoms with E-state index >= 15 is 0 Å². The fraction of sp³-hybridized carbons (Fsp3) is 0.742. The number of furan rings is 1. The highest BCUT2D eigenvalue weighted by Gasteiger charge is 3.01. The van der Waals surface area contributed by atoms with Crippen LogP contribution in [0.2, 0.25) is 0 Å². The Labute approximate surface area is 259 Å². The lowest BCUT2D eigenvalue weighted by Crippen LogP contribution is -2.97. The maximum Gasteiger partial charge on any atom is 0.305 e. The van der Waals surface area contributed by atoms with Gasteiger partial charge in [0.2, 0.25) is 5.91 Å². The zero-order valence-corrected chi connectivity index (χ0v) is 26.4. The molecular formula is C31H41NO13. The Hall–Kier alpha value is -2.88. The number of amides is 1. The summed E-state index contributed by atoms with van der Waals surface area (Å²) in [5.74, 6) is -4.62. The third kappa shape index (κ3) is 3.30. The molecule has 7 rings (SSSR count). The van der Waals surface area contributed by atoms with E-state index in [4.69, 9.17) is 28.5 Å². The lowest BCUT2D eigenvalue weighted by atomic mass is 9.33. The van der Waals surface area contributed by atoms with Crippen molar-refractivity contribution in [2.24, 2.45) is 28.1 Å². The minimum atomic E-state index is -2.40. The first-order valence-electron chi connectivity index (χ1n) is 15.0. The highest BCUT2D eigenvalue weighted by atomic mass is 17.2. The molecule has 6 fully saturated rings. The number of Topliss-reactive ketones (excluding diaryl/α,β-unsaturated/α-hetero) is 1. The molecule has 1 aromatic heterocycles. The van der Waals surface area contributed by atoms with Crippen molar-refractivity contribution in [1.29, 1.82) is 0 Å². The van der Waals surface area contributed by atoms with Gasteiger partial charge in [0.1, 0.15) is 29.7 Å². The first-order valence-corrected chi connectivity index (χ1v) is 15.0. The topological polar surface area (TPSA) is 191 Å². The molecule has 4 aliphatic carbocycles. The number of ether oxygens (including phenoxy) is 2. The van der Waals surface area contributed by atoms with Gasteiger partial charge in [0.05, 0.1) is 26.0 Å². The number of nitrogens with zero attached hydrogens (tertiary/aromatic N) is 1. The van der Waals surface area contributed by atoms with Crippen LogP contribution in [-0.2, 0) is 38.5 Å². The number of ketones is 1. The van der Waals surface area contributed by atoms with Crippen LogP contribution in [0.5, 0.6) is 0 Å². The van der Waals surface area contributed by atoms with E-state index in [2.05, 4.69) is 0 Å². The van der Waals surface area contributed by atoms with Crippen LogP contribution in [0.25, 0.3) is 0 Å². The van der Waals surface area contributed by atoms with Crippen LogP contribution in [0.1, 0.15) is 70.2 Å². The molecule has 6 aliphatic rings. The molecule has 1 amide bonds. The fourth-order valence-electron chi connectivity index (χ4n) is 10.6. The molecule has 1 aromatic rings. The molecular weight excluding hydrogens is 594 g/mol. The standard InChI is InChI=1S/C31H41NO13/c1-16(33)43-24-26(3)15-29-27(4,18(26)13-21(35)40-6)28(38)10-9-25(2,22(36)17-8-11-42-14-17)19(12-20(34)32(5)41-7)31(28,45-44-29)23(37)30(24,29)39/h8,11,14,18-19,23-24,37-39H,9-10,12-13,15H2,1-7H3. The fourth-order valence-corrected chi connectivity index (χ4v) is 10.6. The normalized spacial score (nSPS) is 47.2. The Morgan fingerprint density at radius 3 is 2.31 bits per heavy atom. The minimum Gasteiger partial charge on any atom is -0.472 e. The molecule has 11 unspecified atom stereocenters. The van der Waals surface area contributed by atoms with E-state index in [9.17, 15) is 34.5 Å². The number of hydrogen-bond acceptors (Lipinski definition) is 13. The van der Waals surface area contributed by atoms with Gasteiger partial charge in [-0.25, -0.2) is 14.8 Å². The second-order valence-corrected chi connectivity index (χ2v) is 14.2. The largest absolute Gasteiger partial charge is 0.472 e. The van der Waals surface area contributed by atoms with Gasteiger partial charge in [-0.1, -0.05) is 20.8 Å². The molecule has 2 spiro atoms. The predicted octanol–water partition coefficient (Wildman–Crippen LogP) is 1.11. The molecule has 2 aliphatic heterocycles. The lowest BCUT2D eigenvalue weighted by molar-refractivity contribution is -0.603. The second-order valence-electron chi connectivity index (χ2n) is 14.2. The van der Waals surface area contributed by atoms with Crippen LogP contribution in [0.15, 0.2) is 23.0 Å². The van der Waals surface area contributed by atoms with Crippen molar-refractivity contribution >= 4 is 23.6 Å². The molecule has 2 saturated heterocycles. The molecule has 14 nitrogen and oxygen atoms in total. The molecule has 11 atom stereocenters. The van der Waals surface area contributed by atoms with Crippen LogP contribution in [0, 0.1) is 28.1 Å². The van der Waals surface area contributed by atoms with Crippen molar-refractivity contribution in [1.82, 2.24) is 5.06 Å². The van der Waals surface area contributed by atoms with Crippen molar-refractivity contribution < 1.29 is 63.0 Å². The Morgan fingerprint density at radius 1 is 1.04 bits per heavy atom. The second kappa shape index (κ2) is 9.58. The molecule has 45 heavy (non-hydrogen) atoms. The van der Waals surface area contributed by atoms with Gasteiger partial charge in [-0.2, -0.15) is 0 Å². The van der Waals surface area contributed by atoms with Gasteiger partial charge in [-0.05, 0) is 31.2 Å². The first-order chi connectivity index (χ1) is 20.9. The molecule has 3 bridgehead atoms. The van der Waals surface area contributed by atoms with E-state index in [1.54, 1.807) is 20.8 Å². The number of hydroxylamine groups is 2. The van der Waals surface area contributed by atoms with Crippen LogP contribution >= 0.6 is 0 Å². The number of rotatable bonds is 8. The smallest absolute Gasteiger partial charge is 0.305 e. The Kier molecular flexibility index (Phi) is 6.83. The number of hydrogen-bond donors (Lipinski definition) is 3. The van der Waals surface area contributed by atoms with E-state index in [0.717, 1.165) is 12.0 Å². The monoisotopic (exact) mass is 635 g/mol. The Bertz CT molecular complexity index is 1450. The van der Waals surface area contributed by atoms with E-state index < -0.39 is 92.7 Å². The maximum absolute atomic E-state index is 14.3. The summed E-state index contributed by atoms with van der Waals surface area (Å²) in [6.45, 7) is 6.15. The third-order valence-corrected chi connectivity index (χ3v) is 12.7. The summed E-state index contributed by atoms with van der Waals surface area (Å²) in [5, 5.41) is 39.7. The zero-order valence-electron chi connectivity index (χ0n) is 26.4. The maximum atomic E-state index is 14.3. The predicted molar refractivity (Wildman–Crippen MR) is 148 cm³/mol. The van der Waals surface area contributed by atoms with Crippen LogP contribution in [0.3, 0.4) is 0 Å². The average Bonchev–Trinajstić information content (AvgIpc) is 3.66. The van der Waals surface area contributed by atoms with Crippen LogP contribution in [-0.4, -0.2) is 99.9 Å². The van der Waals surface area contributed by atoms with Gasteiger partial charge in [0.15, 0.2) is 17.0 Å². The molecule has 0 radical (unpaired) electrons. The number of fused-ring (bicyclic) bond motifs is 2. The van der Waals surface area contributed by atoms with E-state index in [1.165, 1.54) is 39.9 Å². The highest BCUT2D eigenvalue weighted by Crippen LogP contribution is 2.86. The third-order valence-electron chi connectivity index (χ3n) is 12.7. The zero-order chi connectivity index (χ0) is 33.2. The van der Waals surface area contributed by atoms with Crippen LogP contribution in [0.4, 0.5) is 0 Å². The number of carbonyl (C=O) groups is 4. The van der Waals surface area contributed by atoms with E-state index in [1.807, 2.05) is 0 Å². The minimum absolute atomic E-state index is 0.0269. The summed E-state index contributed by atoms with van der Waals surface area (Å²) in [6.07, 6.45) is -1.79. The number of carbonyl (C=O) groups excluding carboxylic acids is 4. The summed E-state index contributed by atoms with van der Waals surface area (Å²) in [6, 6.07) is 1.47. The van der Waals surface area contributed by atoms with Crippen molar-refractivity contribution in [3.8, 4) is 0 Å². The summed E-state index contributed by atoms with van der Waals surface area (Å²) in [4.78, 5) is 70.9. The van der Waals surface area contributed by atoms with Crippen molar-refractivity contribution in [3.63, 3.8) is 0 Å². The summed E-state index contributed by atoms with van der Waals surface area (Å²) in [7, 11) is 3.88. The summed E-state index contributed by atoms with van der Waals surface area (Å²) >= 11 is 0. The van der Waals surface area contributed by atoms with Gasteiger partial charge in [-0.15, -0.1) is 0 Å². The van der Waals surface area contributed by atoms with Gasteiger partial charge in [-0.3, -0.25) is 24.0 Å². The molecule has 3 N–H and O–H groups in total. The SMILES string of the molecule is COC(=O)CC1C2(C)CC34OOC5(C(CC(=O)N(C)OC)C(C)(C(=O)c6ccoc6)CCC5(O)C13C)C(O)C4(O)C2OC(C)=O. The number of esters is 2. The molecule has 4 saturated carbocycles. The highest BCUT2D eigenvalue weighted by molar-refractivity contribution is 6.01. The summed E-state index contributed by atoms with van der Waals surface area (Å²) in [5.41, 5.74) is -12.8. The van der Waals surface area contributed by atoms with Gasteiger partial charge >= 0.3 is 11.9 Å². The van der Waals surface area contributed by atoms with Crippen molar-refractivity contribution in [2.45, 2.75) is 94.4 Å². The van der Waals surface area contributed by atoms with Gasteiger partial charge in [0, 0.05) is 49.0 Å². The molecule has 0 aromatic carbocycles. The molecule has 3 heterocycles. The summed E-state index contributed by atoms with van der Waals surface area (Å²) < 4.78 is 16.0. The van der Waals surface area contributed by atoms with Crippen LogP contribution < -0.4 is 0 Å². The molecule has 248 valence electrons. The van der Waals surface area contributed by atoms with Gasteiger partial charge in [0.25, 0.3) is 0 Å². The Balaban J connectivity index is 1.64. The number of aliphatic hydroxyl groups is 3.